The summed E-state index contributed by atoms with van der Waals surface area (Å²) in [4.78, 5) is 4.00. The van der Waals surface area contributed by atoms with Crippen molar-refractivity contribution in [3.8, 4) is 11.1 Å². The lowest BCUT2D eigenvalue weighted by atomic mass is 9.64. The zero-order valence-corrected chi connectivity index (χ0v) is 14.3. The van der Waals surface area contributed by atoms with Gasteiger partial charge in [-0.25, -0.2) is 4.98 Å². The molecule has 0 aliphatic heterocycles. The second kappa shape index (κ2) is 5.81. The molecule has 3 N–H and O–H groups in total. The molecule has 0 bridgehead atoms. The number of fused-ring (bicyclic) bond motifs is 1. The first-order valence-electron chi connectivity index (χ1n) is 8.57. The van der Waals surface area contributed by atoms with Crippen molar-refractivity contribution in [2.75, 3.05) is 6.54 Å². The van der Waals surface area contributed by atoms with E-state index in [9.17, 15) is 13.2 Å². The summed E-state index contributed by atoms with van der Waals surface area (Å²) < 4.78 is 40.2. The Morgan fingerprint density at radius 3 is 2.62 bits per heavy atom. The smallest absolute Gasteiger partial charge is 0.330 e. The van der Waals surface area contributed by atoms with Gasteiger partial charge < -0.3 is 5.73 Å². The summed E-state index contributed by atoms with van der Waals surface area (Å²) in [6, 6.07) is 7.57. The quantitative estimate of drug-likeness (QED) is 0.730. The van der Waals surface area contributed by atoms with Crippen molar-refractivity contribution >= 4 is 11.0 Å². The number of rotatable bonds is 3. The summed E-state index contributed by atoms with van der Waals surface area (Å²) >= 11 is 0. The highest BCUT2D eigenvalue weighted by Crippen LogP contribution is 2.45. The fourth-order valence-corrected chi connectivity index (χ4v) is 3.86. The molecule has 1 aliphatic carbocycles. The zero-order valence-electron chi connectivity index (χ0n) is 14.3. The van der Waals surface area contributed by atoms with Crippen LogP contribution in [0.15, 0.2) is 30.5 Å². The van der Waals surface area contributed by atoms with Gasteiger partial charge in [-0.2, -0.15) is 18.3 Å². The van der Waals surface area contributed by atoms with Crippen molar-refractivity contribution < 1.29 is 13.2 Å². The molecular formula is C19H19F3N4. The van der Waals surface area contributed by atoms with Crippen molar-refractivity contribution in [3.05, 3.63) is 47.3 Å². The Kier molecular flexibility index (Phi) is 3.80. The number of hydrogen-bond acceptors (Lipinski definition) is 3. The minimum absolute atomic E-state index is 0.00644. The summed E-state index contributed by atoms with van der Waals surface area (Å²) in [5.41, 5.74) is 8.48. The average Bonchev–Trinajstić information content (AvgIpc) is 2.98. The predicted octanol–water partition coefficient (Wildman–Crippen LogP) is 4.33. The summed E-state index contributed by atoms with van der Waals surface area (Å²) in [6.07, 6.45) is 0.102. The second-order valence-corrected chi connectivity index (χ2v) is 7.08. The van der Waals surface area contributed by atoms with Crippen LogP contribution in [0.2, 0.25) is 0 Å². The molecule has 1 fully saturated rings. The third-order valence-corrected chi connectivity index (χ3v) is 5.43. The Hall–Kier alpha value is -2.41. The SMILES string of the molecule is Cc1cc(-c2ccnc3[nH]nc(C(F)(F)F)c23)cc(C2(CN)CCC2)c1. The fourth-order valence-electron chi connectivity index (χ4n) is 3.86. The molecule has 2 heterocycles. The van der Waals surface area contributed by atoms with Gasteiger partial charge in [0.15, 0.2) is 11.3 Å². The Labute approximate surface area is 148 Å². The number of nitrogens with two attached hydrogens (primary N) is 1. The first-order valence-corrected chi connectivity index (χ1v) is 8.57. The van der Waals surface area contributed by atoms with Crippen LogP contribution in [0.3, 0.4) is 0 Å². The zero-order chi connectivity index (χ0) is 18.5. The van der Waals surface area contributed by atoms with Gasteiger partial charge in [-0.1, -0.05) is 30.2 Å². The number of aromatic nitrogens is 3. The lowest BCUT2D eigenvalue weighted by Gasteiger charge is -2.42. The van der Waals surface area contributed by atoms with Crippen LogP contribution in [-0.4, -0.2) is 21.7 Å². The molecular weight excluding hydrogens is 341 g/mol. The van der Waals surface area contributed by atoms with Gasteiger partial charge in [-0.15, -0.1) is 0 Å². The first-order chi connectivity index (χ1) is 12.3. The van der Waals surface area contributed by atoms with Gasteiger partial charge in [0, 0.05) is 18.2 Å². The van der Waals surface area contributed by atoms with Crippen molar-refractivity contribution in [3.63, 3.8) is 0 Å². The van der Waals surface area contributed by atoms with E-state index in [1.807, 2.05) is 19.1 Å². The van der Waals surface area contributed by atoms with Crippen LogP contribution in [0.4, 0.5) is 13.2 Å². The van der Waals surface area contributed by atoms with E-state index in [0.717, 1.165) is 36.0 Å². The number of alkyl halides is 3. The van der Waals surface area contributed by atoms with Crippen LogP contribution < -0.4 is 5.73 Å². The monoisotopic (exact) mass is 360 g/mol. The average molecular weight is 360 g/mol. The highest BCUT2D eigenvalue weighted by atomic mass is 19.4. The molecule has 4 rings (SSSR count). The molecule has 4 nitrogen and oxygen atoms in total. The van der Waals surface area contributed by atoms with Crippen molar-refractivity contribution in [2.24, 2.45) is 5.73 Å². The molecule has 2 aromatic heterocycles. The molecule has 0 unspecified atom stereocenters. The van der Waals surface area contributed by atoms with Crippen LogP contribution in [0, 0.1) is 6.92 Å². The molecule has 1 aliphatic rings. The number of pyridine rings is 1. The van der Waals surface area contributed by atoms with E-state index in [1.165, 1.54) is 6.20 Å². The molecule has 7 heteroatoms. The van der Waals surface area contributed by atoms with E-state index in [-0.39, 0.29) is 16.4 Å². The molecule has 3 aromatic rings. The molecule has 0 amide bonds. The number of aromatic amines is 1. The molecule has 0 spiro atoms. The van der Waals surface area contributed by atoms with Crippen molar-refractivity contribution in [2.45, 2.75) is 37.8 Å². The van der Waals surface area contributed by atoms with Crippen LogP contribution in [0.5, 0.6) is 0 Å². The lowest BCUT2D eigenvalue weighted by molar-refractivity contribution is -0.139. The molecule has 1 aromatic carbocycles. The Morgan fingerprint density at radius 2 is 2.00 bits per heavy atom. The topological polar surface area (TPSA) is 67.6 Å². The van der Waals surface area contributed by atoms with Crippen molar-refractivity contribution in [1.82, 2.24) is 15.2 Å². The summed E-state index contributed by atoms with van der Waals surface area (Å²) in [5, 5.41) is 5.86. The Bertz CT molecular complexity index is 965. The van der Waals surface area contributed by atoms with Crippen LogP contribution in [-0.2, 0) is 11.6 Å². The fraction of sp³-hybridized carbons (Fsp3) is 0.368. The maximum absolute atomic E-state index is 13.4. The van der Waals surface area contributed by atoms with E-state index in [4.69, 9.17) is 5.73 Å². The molecule has 0 saturated heterocycles. The van der Waals surface area contributed by atoms with Crippen molar-refractivity contribution in [1.29, 1.82) is 0 Å². The number of aryl methyl sites for hydroxylation is 1. The summed E-state index contributed by atoms with van der Waals surface area (Å²) in [6.45, 7) is 2.50. The van der Waals surface area contributed by atoms with Gasteiger partial charge in [0.05, 0.1) is 5.39 Å². The van der Waals surface area contributed by atoms with E-state index >= 15 is 0 Å². The Morgan fingerprint density at radius 1 is 1.23 bits per heavy atom. The van der Waals surface area contributed by atoms with Gasteiger partial charge in [0.2, 0.25) is 0 Å². The van der Waals surface area contributed by atoms with E-state index in [2.05, 4.69) is 21.2 Å². The summed E-state index contributed by atoms with van der Waals surface area (Å²) in [7, 11) is 0. The van der Waals surface area contributed by atoms with E-state index in [1.54, 1.807) is 6.07 Å². The molecule has 0 radical (unpaired) electrons. The number of hydrogen-bond donors (Lipinski definition) is 2. The van der Waals surface area contributed by atoms with Gasteiger partial charge in [-0.05, 0) is 42.5 Å². The number of nitrogens with zero attached hydrogens (tertiary/aromatic N) is 2. The van der Waals surface area contributed by atoms with Crippen LogP contribution in [0.1, 0.15) is 36.1 Å². The normalized spacial score (nSPS) is 16.7. The van der Waals surface area contributed by atoms with Gasteiger partial charge in [0.1, 0.15) is 0 Å². The molecule has 26 heavy (non-hydrogen) atoms. The first kappa shape index (κ1) is 17.0. The lowest BCUT2D eigenvalue weighted by Crippen LogP contribution is -2.41. The van der Waals surface area contributed by atoms with E-state index < -0.39 is 11.9 Å². The number of halogens is 3. The largest absolute Gasteiger partial charge is 0.435 e. The predicted molar refractivity (Wildman–Crippen MR) is 93.6 cm³/mol. The molecule has 0 atom stereocenters. The highest BCUT2D eigenvalue weighted by Gasteiger charge is 2.39. The highest BCUT2D eigenvalue weighted by molar-refractivity contribution is 5.95. The number of H-pyrrole nitrogens is 1. The van der Waals surface area contributed by atoms with Crippen LogP contribution in [0.25, 0.3) is 22.2 Å². The van der Waals surface area contributed by atoms with Gasteiger partial charge in [-0.3, -0.25) is 5.10 Å². The maximum atomic E-state index is 13.4. The third kappa shape index (κ3) is 2.58. The molecule has 136 valence electrons. The van der Waals surface area contributed by atoms with Crippen LogP contribution >= 0.6 is 0 Å². The minimum Gasteiger partial charge on any atom is -0.330 e. The van der Waals surface area contributed by atoms with Gasteiger partial charge in [0.25, 0.3) is 0 Å². The number of nitrogens with one attached hydrogen (secondary N) is 1. The Balaban J connectivity index is 1.94. The maximum Gasteiger partial charge on any atom is 0.435 e. The summed E-state index contributed by atoms with van der Waals surface area (Å²) in [5.74, 6) is 0. The van der Waals surface area contributed by atoms with Gasteiger partial charge >= 0.3 is 6.18 Å². The van der Waals surface area contributed by atoms with E-state index in [0.29, 0.717) is 12.1 Å². The minimum atomic E-state index is -4.55. The third-order valence-electron chi connectivity index (χ3n) is 5.43. The number of benzene rings is 1. The molecule has 1 saturated carbocycles. The standard InChI is InChI=1S/C19H19F3N4/c1-11-7-12(9-13(8-11)18(10-23)4-2-5-18)14-3-6-24-17-15(14)16(25-26-17)19(20,21)22/h3,6-9H,2,4-5,10,23H2,1H3,(H,24,25,26). The second-order valence-electron chi connectivity index (χ2n) is 7.08.